The van der Waals surface area contributed by atoms with Crippen LogP contribution in [0.4, 0.5) is 4.79 Å². The van der Waals surface area contributed by atoms with Crippen molar-refractivity contribution in [2.75, 3.05) is 19.6 Å². The molecule has 5 nitrogen and oxygen atoms in total. The number of nitrogens with one attached hydrogen (secondary N) is 1. The number of carbonyl (C=O) groups is 2. The molecule has 1 aromatic rings. The van der Waals surface area contributed by atoms with Crippen molar-refractivity contribution in [1.82, 2.24) is 10.2 Å². The Hall–Kier alpha value is -2.04. The van der Waals surface area contributed by atoms with Crippen molar-refractivity contribution in [2.24, 2.45) is 5.92 Å². The highest BCUT2D eigenvalue weighted by atomic mass is 16.4. The van der Waals surface area contributed by atoms with Gasteiger partial charge in [-0.1, -0.05) is 38.1 Å². The molecule has 22 heavy (non-hydrogen) atoms. The number of amides is 2. The lowest BCUT2D eigenvalue weighted by molar-refractivity contribution is -0.141. The molecule has 1 unspecified atom stereocenters. The molecule has 5 heteroatoms. The largest absolute Gasteiger partial charge is 0.481 e. The van der Waals surface area contributed by atoms with E-state index in [2.05, 4.69) is 38.2 Å². The van der Waals surface area contributed by atoms with E-state index in [0.717, 1.165) is 0 Å². The molecule has 2 amide bonds. The second-order valence-corrected chi connectivity index (χ2v) is 6.63. The van der Waals surface area contributed by atoms with Crippen molar-refractivity contribution in [2.45, 2.75) is 32.6 Å². The first-order valence-electron chi connectivity index (χ1n) is 7.63. The number of aryl methyl sites for hydroxylation is 1. The summed E-state index contributed by atoms with van der Waals surface area (Å²) >= 11 is 0. The quantitative estimate of drug-likeness (QED) is 0.897. The molecule has 120 valence electrons. The fraction of sp³-hybridized carbons (Fsp3) is 0.529. The zero-order valence-corrected chi connectivity index (χ0v) is 13.4. The smallest absolute Gasteiger partial charge is 0.317 e. The minimum atomic E-state index is -0.824. The van der Waals surface area contributed by atoms with Crippen LogP contribution in [-0.2, 0) is 10.2 Å². The van der Waals surface area contributed by atoms with Gasteiger partial charge < -0.3 is 15.3 Å². The van der Waals surface area contributed by atoms with Crippen LogP contribution in [0.15, 0.2) is 24.3 Å². The highest BCUT2D eigenvalue weighted by Crippen LogP contribution is 2.25. The third-order valence-electron chi connectivity index (χ3n) is 4.38. The van der Waals surface area contributed by atoms with Gasteiger partial charge in [0, 0.05) is 25.0 Å². The van der Waals surface area contributed by atoms with Gasteiger partial charge in [-0.05, 0) is 24.5 Å². The lowest BCUT2D eigenvalue weighted by Crippen LogP contribution is -2.44. The first-order chi connectivity index (χ1) is 10.3. The van der Waals surface area contributed by atoms with Gasteiger partial charge in [-0.25, -0.2) is 4.79 Å². The number of benzene rings is 1. The summed E-state index contributed by atoms with van der Waals surface area (Å²) in [7, 11) is 0. The van der Waals surface area contributed by atoms with E-state index in [9.17, 15) is 9.59 Å². The second-order valence-electron chi connectivity index (χ2n) is 6.63. The third kappa shape index (κ3) is 3.59. The lowest BCUT2D eigenvalue weighted by Gasteiger charge is -2.28. The van der Waals surface area contributed by atoms with Crippen molar-refractivity contribution in [3.8, 4) is 0 Å². The summed E-state index contributed by atoms with van der Waals surface area (Å²) in [5.74, 6) is -1.26. The summed E-state index contributed by atoms with van der Waals surface area (Å²) in [4.78, 5) is 24.7. The Labute approximate surface area is 131 Å². The Morgan fingerprint density at radius 1 is 1.36 bits per heavy atom. The van der Waals surface area contributed by atoms with Gasteiger partial charge in [-0.15, -0.1) is 0 Å². The van der Waals surface area contributed by atoms with Gasteiger partial charge in [0.2, 0.25) is 0 Å². The normalized spacial score (nSPS) is 18.3. The van der Waals surface area contributed by atoms with E-state index >= 15 is 0 Å². The lowest BCUT2D eigenvalue weighted by atomic mass is 9.82. The fourth-order valence-electron chi connectivity index (χ4n) is 2.98. The van der Waals surface area contributed by atoms with Crippen LogP contribution in [0.2, 0.25) is 0 Å². The van der Waals surface area contributed by atoms with Gasteiger partial charge in [0.1, 0.15) is 0 Å². The first-order valence-corrected chi connectivity index (χ1v) is 7.63. The van der Waals surface area contributed by atoms with E-state index in [1.807, 2.05) is 12.1 Å². The summed E-state index contributed by atoms with van der Waals surface area (Å²) in [6.07, 6.45) is 0.532. The average molecular weight is 304 g/mol. The minimum absolute atomic E-state index is 0.174. The molecular weight excluding hydrogens is 280 g/mol. The van der Waals surface area contributed by atoms with E-state index in [-0.39, 0.29) is 11.4 Å². The number of nitrogens with zero attached hydrogens (tertiary/aromatic N) is 1. The first kappa shape index (κ1) is 16.3. The highest BCUT2D eigenvalue weighted by molar-refractivity contribution is 5.77. The summed E-state index contributed by atoms with van der Waals surface area (Å²) < 4.78 is 0. The molecule has 1 aliphatic heterocycles. The molecule has 0 radical (unpaired) electrons. The number of hydrogen-bond donors (Lipinski definition) is 2. The van der Waals surface area contributed by atoms with Gasteiger partial charge in [-0.3, -0.25) is 4.79 Å². The van der Waals surface area contributed by atoms with Crippen molar-refractivity contribution in [3.63, 3.8) is 0 Å². The van der Waals surface area contributed by atoms with Crippen LogP contribution in [0.25, 0.3) is 0 Å². The molecule has 1 aromatic carbocycles. The topological polar surface area (TPSA) is 69.6 Å². The molecule has 0 saturated carbocycles. The van der Waals surface area contributed by atoms with Crippen molar-refractivity contribution in [1.29, 1.82) is 0 Å². The van der Waals surface area contributed by atoms with Crippen LogP contribution < -0.4 is 5.32 Å². The van der Waals surface area contributed by atoms with Crippen molar-refractivity contribution >= 4 is 12.0 Å². The van der Waals surface area contributed by atoms with Gasteiger partial charge in [0.05, 0.1) is 5.92 Å². The maximum Gasteiger partial charge on any atom is 0.317 e. The monoisotopic (exact) mass is 304 g/mol. The Morgan fingerprint density at radius 2 is 2.05 bits per heavy atom. The van der Waals surface area contributed by atoms with E-state index in [4.69, 9.17) is 5.11 Å². The number of carbonyl (C=O) groups excluding carboxylic acids is 1. The molecule has 0 spiro atoms. The molecule has 1 heterocycles. The molecule has 2 N–H and O–H groups in total. The molecule has 0 aromatic heterocycles. The van der Waals surface area contributed by atoms with Gasteiger partial charge >= 0.3 is 12.0 Å². The number of hydrogen-bond acceptors (Lipinski definition) is 2. The van der Waals surface area contributed by atoms with Crippen LogP contribution in [0, 0.1) is 12.8 Å². The fourth-order valence-corrected chi connectivity index (χ4v) is 2.98. The van der Waals surface area contributed by atoms with Gasteiger partial charge in [-0.2, -0.15) is 0 Å². The Morgan fingerprint density at radius 3 is 2.64 bits per heavy atom. The maximum atomic E-state index is 12.2. The zero-order chi connectivity index (χ0) is 16.3. The Bertz CT molecular complexity index is 569. The number of carboxylic acids is 1. The van der Waals surface area contributed by atoms with Crippen LogP contribution >= 0.6 is 0 Å². The molecular formula is C17H24N2O3. The van der Waals surface area contributed by atoms with Gasteiger partial charge in [0.25, 0.3) is 0 Å². The molecule has 0 aliphatic carbocycles. The predicted octanol–water partition coefficient (Wildman–Crippen LogP) is 2.39. The predicted molar refractivity (Wildman–Crippen MR) is 84.9 cm³/mol. The number of carboxylic acid groups (broad SMARTS) is 1. The van der Waals surface area contributed by atoms with E-state index in [1.54, 1.807) is 4.90 Å². The molecule has 2 rings (SSSR count). The summed E-state index contributed by atoms with van der Waals surface area (Å²) in [6, 6.07) is 7.98. The number of rotatable bonds is 4. The van der Waals surface area contributed by atoms with Crippen molar-refractivity contribution < 1.29 is 14.7 Å². The van der Waals surface area contributed by atoms with Crippen LogP contribution in [0.1, 0.15) is 31.4 Å². The second kappa shape index (κ2) is 6.38. The van der Waals surface area contributed by atoms with Crippen molar-refractivity contribution in [3.05, 3.63) is 35.4 Å². The van der Waals surface area contributed by atoms with E-state index in [1.165, 1.54) is 11.1 Å². The summed E-state index contributed by atoms with van der Waals surface area (Å²) in [5.41, 5.74) is 2.24. The molecule has 1 saturated heterocycles. The van der Waals surface area contributed by atoms with Crippen LogP contribution in [0.5, 0.6) is 0 Å². The Balaban J connectivity index is 1.94. The highest BCUT2D eigenvalue weighted by Gasteiger charge is 2.31. The number of likely N-dealkylation sites (tertiary alicyclic amines) is 1. The number of urea groups is 1. The zero-order valence-electron chi connectivity index (χ0n) is 13.4. The van der Waals surface area contributed by atoms with E-state index in [0.29, 0.717) is 26.1 Å². The number of aliphatic carboxylic acids is 1. The van der Waals surface area contributed by atoms with Gasteiger partial charge in [0.15, 0.2) is 0 Å². The molecule has 1 aliphatic rings. The summed E-state index contributed by atoms with van der Waals surface area (Å²) in [5, 5.41) is 11.9. The third-order valence-corrected chi connectivity index (χ3v) is 4.38. The maximum absolute atomic E-state index is 12.2. The molecule has 0 bridgehead atoms. The van der Waals surface area contributed by atoms with Crippen LogP contribution in [-0.4, -0.2) is 41.6 Å². The van der Waals surface area contributed by atoms with E-state index < -0.39 is 11.9 Å². The SMILES string of the molecule is Cc1ccccc1C(C)(C)CNC(=O)N1CCC(C(=O)O)C1. The minimum Gasteiger partial charge on any atom is -0.481 e. The summed E-state index contributed by atoms with van der Waals surface area (Å²) in [6.45, 7) is 7.58. The molecule has 1 atom stereocenters. The average Bonchev–Trinajstić information content (AvgIpc) is 2.95. The standard InChI is InChI=1S/C17H24N2O3/c1-12-6-4-5-7-14(12)17(2,3)11-18-16(22)19-9-8-13(10-19)15(20)21/h4-7,13H,8-11H2,1-3H3,(H,18,22)(H,20,21). The molecule has 1 fully saturated rings. The Kier molecular flexibility index (Phi) is 4.74. The van der Waals surface area contributed by atoms with Crippen LogP contribution in [0.3, 0.4) is 0 Å².